The van der Waals surface area contributed by atoms with E-state index in [9.17, 15) is 9.90 Å². The summed E-state index contributed by atoms with van der Waals surface area (Å²) in [4.78, 5) is 16.3. The van der Waals surface area contributed by atoms with Gasteiger partial charge < -0.3 is 20.2 Å². The van der Waals surface area contributed by atoms with Crippen LogP contribution in [-0.4, -0.2) is 49.3 Å². The number of hydrogen-bond donors (Lipinski definition) is 2. The molecule has 5 nitrogen and oxygen atoms in total. The van der Waals surface area contributed by atoms with Gasteiger partial charge in [-0.15, -0.1) is 0 Å². The van der Waals surface area contributed by atoms with Crippen LogP contribution < -0.4 is 10.2 Å². The maximum Gasteiger partial charge on any atom is 0.321 e. The lowest BCUT2D eigenvalue weighted by Gasteiger charge is -2.31. The highest BCUT2D eigenvalue weighted by molar-refractivity contribution is 5.89. The van der Waals surface area contributed by atoms with Gasteiger partial charge in [0.05, 0.1) is 0 Å². The highest BCUT2D eigenvalue weighted by Gasteiger charge is 2.23. The Morgan fingerprint density at radius 2 is 2.13 bits per heavy atom. The number of carbonyl (C=O) groups is 1. The molecule has 1 aliphatic heterocycles. The van der Waals surface area contributed by atoms with E-state index in [0.29, 0.717) is 6.54 Å². The topological polar surface area (TPSA) is 55.8 Å². The van der Waals surface area contributed by atoms with E-state index in [1.807, 2.05) is 24.3 Å². The van der Waals surface area contributed by atoms with Crippen molar-refractivity contribution in [3.63, 3.8) is 0 Å². The van der Waals surface area contributed by atoms with Gasteiger partial charge in [0.25, 0.3) is 0 Å². The Balaban J connectivity index is 1.88. The van der Waals surface area contributed by atoms with Crippen LogP contribution >= 0.6 is 0 Å². The summed E-state index contributed by atoms with van der Waals surface area (Å²) in [5, 5.41) is 12.2. The highest BCUT2D eigenvalue weighted by Crippen LogP contribution is 2.20. The summed E-state index contributed by atoms with van der Waals surface area (Å²) in [7, 11) is 2.09. The summed E-state index contributed by atoms with van der Waals surface area (Å²) >= 11 is 0. The molecule has 128 valence electrons. The van der Waals surface area contributed by atoms with Crippen molar-refractivity contribution < 1.29 is 9.90 Å². The van der Waals surface area contributed by atoms with Gasteiger partial charge in [-0.2, -0.15) is 0 Å². The summed E-state index contributed by atoms with van der Waals surface area (Å²) in [6.07, 6.45) is 4.32. The first-order chi connectivity index (χ1) is 11.1. The van der Waals surface area contributed by atoms with Gasteiger partial charge in [-0.3, -0.25) is 0 Å². The number of unbranched alkanes of at least 4 members (excludes halogenated alkanes) is 1. The SMILES string of the molecule is CCCCN(C)c1ccc(NC(=O)N2CCCC(CO)C2)cc1. The Morgan fingerprint density at radius 1 is 1.39 bits per heavy atom. The average Bonchev–Trinajstić information content (AvgIpc) is 2.60. The zero-order valence-corrected chi connectivity index (χ0v) is 14.3. The number of amides is 2. The van der Waals surface area contributed by atoms with E-state index in [1.165, 1.54) is 12.8 Å². The molecule has 2 rings (SSSR count). The van der Waals surface area contributed by atoms with Gasteiger partial charge in [0, 0.05) is 44.7 Å². The molecular formula is C18H29N3O2. The molecule has 1 unspecified atom stereocenters. The normalized spacial score (nSPS) is 17.9. The summed E-state index contributed by atoms with van der Waals surface area (Å²) in [6.45, 7) is 4.79. The summed E-state index contributed by atoms with van der Waals surface area (Å²) in [6, 6.07) is 7.90. The number of nitrogens with one attached hydrogen (secondary N) is 1. The predicted octanol–water partition coefficient (Wildman–Crippen LogP) is 3.16. The number of rotatable bonds is 6. The number of hydrogen-bond acceptors (Lipinski definition) is 3. The lowest BCUT2D eigenvalue weighted by atomic mass is 9.99. The monoisotopic (exact) mass is 319 g/mol. The van der Waals surface area contributed by atoms with Crippen molar-refractivity contribution in [2.75, 3.05) is 43.5 Å². The number of aliphatic hydroxyl groups is 1. The lowest BCUT2D eigenvalue weighted by molar-refractivity contribution is 0.136. The molecule has 5 heteroatoms. The standard InChI is InChI=1S/C18H29N3O2/c1-3-4-11-20(2)17-9-7-16(8-10-17)19-18(23)21-12-5-6-15(13-21)14-22/h7-10,15,22H,3-6,11-14H2,1-2H3,(H,19,23). The van der Waals surface area contributed by atoms with Crippen LogP contribution in [0.25, 0.3) is 0 Å². The Hall–Kier alpha value is -1.75. The molecule has 0 spiro atoms. The van der Waals surface area contributed by atoms with Crippen LogP contribution in [0.1, 0.15) is 32.6 Å². The van der Waals surface area contributed by atoms with Crippen LogP contribution in [0.4, 0.5) is 16.2 Å². The van der Waals surface area contributed by atoms with Crippen molar-refractivity contribution in [3.05, 3.63) is 24.3 Å². The number of urea groups is 1. The third-order valence-corrected chi connectivity index (χ3v) is 4.47. The van der Waals surface area contributed by atoms with E-state index in [4.69, 9.17) is 0 Å². The second-order valence-electron chi connectivity index (χ2n) is 6.39. The molecule has 1 saturated heterocycles. The van der Waals surface area contributed by atoms with E-state index in [2.05, 4.69) is 24.2 Å². The van der Waals surface area contributed by atoms with Crippen LogP contribution in [-0.2, 0) is 0 Å². The molecule has 1 fully saturated rings. The molecule has 0 radical (unpaired) electrons. The number of benzene rings is 1. The molecule has 0 saturated carbocycles. The first-order valence-electron chi connectivity index (χ1n) is 8.62. The van der Waals surface area contributed by atoms with E-state index in [0.717, 1.165) is 37.3 Å². The fraction of sp³-hybridized carbons (Fsp3) is 0.611. The molecule has 23 heavy (non-hydrogen) atoms. The van der Waals surface area contributed by atoms with Gasteiger partial charge in [0.15, 0.2) is 0 Å². The lowest BCUT2D eigenvalue weighted by Crippen LogP contribution is -2.43. The number of piperidine rings is 1. The minimum atomic E-state index is -0.0739. The smallest absolute Gasteiger partial charge is 0.321 e. The first kappa shape index (κ1) is 17.6. The first-order valence-corrected chi connectivity index (χ1v) is 8.62. The van der Waals surface area contributed by atoms with Crippen LogP contribution in [0.15, 0.2) is 24.3 Å². The maximum atomic E-state index is 12.3. The molecule has 1 heterocycles. The van der Waals surface area contributed by atoms with Crippen molar-refractivity contribution in [2.24, 2.45) is 5.92 Å². The fourth-order valence-corrected chi connectivity index (χ4v) is 2.92. The average molecular weight is 319 g/mol. The minimum Gasteiger partial charge on any atom is -0.396 e. The van der Waals surface area contributed by atoms with Gasteiger partial charge >= 0.3 is 6.03 Å². The number of likely N-dealkylation sites (tertiary alicyclic amines) is 1. The molecule has 2 amide bonds. The number of nitrogens with zero attached hydrogens (tertiary/aromatic N) is 2. The van der Waals surface area contributed by atoms with Gasteiger partial charge in [-0.25, -0.2) is 4.79 Å². The van der Waals surface area contributed by atoms with Crippen molar-refractivity contribution in [2.45, 2.75) is 32.6 Å². The van der Waals surface area contributed by atoms with Crippen LogP contribution in [0, 0.1) is 5.92 Å². The Morgan fingerprint density at radius 3 is 2.78 bits per heavy atom. The molecule has 0 aliphatic carbocycles. The zero-order chi connectivity index (χ0) is 16.7. The maximum absolute atomic E-state index is 12.3. The quantitative estimate of drug-likeness (QED) is 0.847. The minimum absolute atomic E-state index is 0.0739. The summed E-state index contributed by atoms with van der Waals surface area (Å²) in [5.74, 6) is 0.212. The second kappa shape index (κ2) is 8.77. The van der Waals surface area contributed by atoms with Crippen molar-refractivity contribution >= 4 is 17.4 Å². The van der Waals surface area contributed by atoms with E-state index in [1.54, 1.807) is 4.90 Å². The van der Waals surface area contributed by atoms with Gasteiger partial charge in [-0.05, 0) is 49.4 Å². The summed E-state index contributed by atoms with van der Waals surface area (Å²) in [5.41, 5.74) is 1.98. The zero-order valence-electron chi connectivity index (χ0n) is 14.3. The van der Waals surface area contributed by atoms with Gasteiger partial charge in [-0.1, -0.05) is 13.3 Å². The molecule has 1 aromatic carbocycles. The number of aliphatic hydroxyl groups excluding tert-OH is 1. The molecule has 1 aromatic rings. The van der Waals surface area contributed by atoms with Gasteiger partial charge in [0.1, 0.15) is 0 Å². The molecule has 0 aromatic heterocycles. The highest BCUT2D eigenvalue weighted by atomic mass is 16.3. The van der Waals surface area contributed by atoms with Gasteiger partial charge in [0.2, 0.25) is 0 Å². The van der Waals surface area contributed by atoms with Crippen molar-refractivity contribution in [3.8, 4) is 0 Å². The molecule has 1 aliphatic rings. The Bertz CT molecular complexity index is 490. The second-order valence-corrected chi connectivity index (χ2v) is 6.39. The largest absolute Gasteiger partial charge is 0.396 e. The van der Waals surface area contributed by atoms with Crippen LogP contribution in [0.3, 0.4) is 0 Å². The Kier molecular flexibility index (Phi) is 6.71. The van der Waals surface area contributed by atoms with E-state index >= 15 is 0 Å². The van der Waals surface area contributed by atoms with Crippen molar-refractivity contribution in [1.29, 1.82) is 0 Å². The van der Waals surface area contributed by atoms with Crippen LogP contribution in [0.2, 0.25) is 0 Å². The third kappa shape index (κ3) is 5.13. The third-order valence-electron chi connectivity index (χ3n) is 4.47. The van der Waals surface area contributed by atoms with E-state index < -0.39 is 0 Å². The molecular weight excluding hydrogens is 290 g/mol. The molecule has 1 atom stereocenters. The number of anilines is 2. The predicted molar refractivity (Wildman–Crippen MR) is 95.0 cm³/mol. The van der Waals surface area contributed by atoms with E-state index in [-0.39, 0.29) is 18.6 Å². The van der Waals surface area contributed by atoms with Crippen molar-refractivity contribution in [1.82, 2.24) is 4.90 Å². The Labute approximate surface area is 139 Å². The summed E-state index contributed by atoms with van der Waals surface area (Å²) < 4.78 is 0. The van der Waals surface area contributed by atoms with Crippen LogP contribution in [0.5, 0.6) is 0 Å². The molecule has 0 bridgehead atoms. The number of carbonyl (C=O) groups excluding carboxylic acids is 1. The molecule has 2 N–H and O–H groups in total. The fourth-order valence-electron chi connectivity index (χ4n) is 2.92.